The number of rotatable bonds is 9. The molecule has 1 aliphatic rings. The zero-order valence-electron chi connectivity index (χ0n) is 18.2. The second-order valence-electron chi connectivity index (χ2n) is 8.61. The fourth-order valence-corrected chi connectivity index (χ4v) is 4.91. The van der Waals surface area contributed by atoms with E-state index in [1.165, 1.54) is 0 Å². The number of hydrogen-bond donors (Lipinski definition) is 0. The molecule has 0 saturated carbocycles. The summed E-state index contributed by atoms with van der Waals surface area (Å²) in [4.78, 5) is 0. The molecule has 3 unspecified atom stereocenters. The summed E-state index contributed by atoms with van der Waals surface area (Å²) in [7, 11) is 0. The Kier molecular flexibility index (Phi) is 8.40. The van der Waals surface area contributed by atoms with E-state index in [-0.39, 0.29) is 16.9 Å². The molecule has 0 N–H and O–H groups in total. The van der Waals surface area contributed by atoms with Crippen LogP contribution in [0.15, 0.2) is 73.0 Å². The molecule has 1 aliphatic heterocycles. The van der Waals surface area contributed by atoms with Crippen molar-refractivity contribution in [2.75, 3.05) is 6.61 Å². The van der Waals surface area contributed by atoms with Crippen LogP contribution in [0.4, 0.5) is 0 Å². The molecule has 0 spiro atoms. The van der Waals surface area contributed by atoms with Crippen LogP contribution >= 0.6 is 0 Å². The summed E-state index contributed by atoms with van der Waals surface area (Å²) in [5, 5.41) is 0. The fraction of sp³-hybridized carbons (Fsp3) is 0.440. The zero-order valence-corrected chi connectivity index (χ0v) is 19.0. The van der Waals surface area contributed by atoms with Gasteiger partial charge in [0.2, 0.25) is 0 Å². The smallest absolute Gasteiger partial charge is 0.137 e. The molecule has 2 aromatic rings. The van der Waals surface area contributed by atoms with Crippen LogP contribution in [0.1, 0.15) is 44.7 Å². The Bertz CT molecular complexity index is 776. The van der Waals surface area contributed by atoms with Gasteiger partial charge in [-0.3, -0.25) is 0 Å². The lowest BCUT2D eigenvalue weighted by Gasteiger charge is -2.40. The second-order valence-corrected chi connectivity index (χ2v) is 10.8. The van der Waals surface area contributed by atoms with Crippen LogP contribution in [0.3, 0.4) is 0 Å². The van der Waals surface area contributed by atoms with Crippen LogP contribution in [0.2, 0.25) is 0 Å². The Labute approximate surface area is 184 Å². The number of allylic oxidation sites excluding steroid dienone is 1. The maximum atomic E-state index is 13.6. The molecule has 2 aromatic carbocycles. The van der Waals surface area contributed by atoms with E-state index in [1.54, 1.807) is 6.26 Å². The molecule has 3 atom stereocenters. The van der Waals surface area contributed by atoms with E-state index in [0.29, 0.717) is 19.8 Å². The fourth-order valence-electron chi connectivity index (χ4n) is 3.50. The second kappa shape index (κ2) is 11.0. The predicted molar refractivity (Wildman–Crippen MR) is 123 cm³/mol. The summed E-state index contributed by atoms with van der Waals surface area (Å²) in [6, 6.07) is 20.2. The minimum absolute atomic E-state index is 0.0548. The van der Waals surface area contributed by atoms with Crippen molar-refractivity contribution in [3.05, 3.63) is 84.1 Å². The highest BCUT2D eigenvalue weighted by Crippen LogP contribution is 2.29. The van der Waals surface area contributed by atoms with E-state index in [4.69, 9.17) is 9.47 Å². The van der Waals surface area contributed by atoms with Gasteiger partial charge in [-0.2, -0.15) is 0 Å². The largest absolute Gasteiger partial charge is 0.597 e. The summed E-state index contributed by atoms with van der Waals surface area (Å²) in [5.41, 5.74) is 2.27. The van der Waals surface area contributed by atoms with Crippen LogP contribution in [-0.2, 0) is 34.0 Å². The lowest BCUT2D eigenvalue weighted by molar-refractivity contribution is -0.00431. The quantitative estimate of drug-likeness (QED) is 0.514. The highest BCUT2D eigenvalue weighted by Gasteiger charge is 2.42. The SMILES string of the molecule is CC(C)(C)[S+]([O-])N(Cc1ccccc1)C(COCc1ccccc1)C1CCC=CO1. The molecule has 0 bridgehead atoms. The highest BCUT2D eigenvalue weighted by atomic mass is 32.2. The Morgan fingerprint density at radius 3 is 2.27 bits per heavy atom. The lowest BCUT2D eigenvalue weighted by Crippen LogP contribution is -2.54. The van der Waals surface area contributed by atoms with Crippen molar-refractivity contribution in [1.29, 1.82) is 0 Å². The van der Waals surface area contributed by atoms with Gasteiger partial charge in [0.25, 0.3) is 0 Å². The van der Waals surface area contributed by atoms with Gasteiger partial charge in [0.05, 0.1) is 26.0 Å². The zero-order chi connectivity index (χ0) is 21.4. The Morgan fingerprint density at radius 1 is 1.07 bits per heavy atom. The van der Waals surface area contributed by atoms with Crippen LogP contribution in [-0.4, -0.2) is 32.4 Å². The third-order valence-corrected chi connectivity index (χ3v) is 6.96. The van der Waals surface area contributed by atoms with E-state index in [2.05, 4.69) is 28.6 Å². The van der Waals surface area contributed by atoms with Crippen LogP contribution in [0.25, 0.3) is 0 Å². The first kappa shape index (κ1) is 22.9. The number of nitrogens with zero attached hydrogens (tertiary/aromatic N) is 1. The van der Waals surface area contributed by atoms with Gasteiger partial charge >= 0.3 is 0 Å². The van der Waals surface area contributed by atoms with Gasteiger partial charge in [0.1, 0.15) is 16.9 Å². The van der Waals surface area contributed by atoms with Gasteiger partial charge in [-0.1, -0.05) is 60.7 Å². The van der Waals surface area contributed by atoms with E-state index in [9.17, 15) is 4.55 Å². The van der Waals surface area contributed by atoms with Gasteiger partial charge in [-0.25, -0.2) is 0 Å². The molecule has 1 heterocycles. The standard InChI is InChI=1S/C25H33NO3S/c1-25(2,3)30(27)26(18-21-12-6-4-7-13-21)23(24-16-10-11-17-29-24)20-28-19-22-14-8-5-9-15-22/h4-9,11-15,17,23-24H,10,16,18-20H2,1-3H3. The molecule has 30 heavy (non-hydrogen) atoms. The van der Waals surface area contributed by atoms with Crippen LogP contribution in [0.5, 0.6) is 0 Å². The minimum Gasteiger partial charge on any atom is -0.597 e. The molecule has 0 aliphatic carbocycles. The summed E-state index contributed by atoms with van der Waals surface area (Å²) < 4.78 is 27.4. The molecule has 5 heteroatoms. The van der Waals surface area contributed by atoms with Crippen molar-refractivity contribution >= 4 is 11.4 Å². The lowest BCUT2D eigenvalue weighted by atomic mass is 10.0. The molecule has 0 radical (unpaired) electrons. The van der Waals surface area contributed by atoms with Crippen molar-refractivity contribution < 1.29 is 14.0 Å². The van der Waals surface area contributed by atoms with Crippen molar-refractivity contribution in [2.24, 2.45) is 0 Å². The first-order valence-corrected chi connectivity index (χ1v) is 11.7. The average molecular weight is 428 g/mol. The highest BCUT2D eigenvalue weighted by molar-refractivity contribution is 7.90. The van der Waals surface area contributed by atoms with E-state index >= 15 is 0 Å². The van der Waals surface area contributed by atoms with Gasteiger partial charge in [0, 0.05) is 11.4 Å². The molecule has 162 valence electrons. The van der Waals surface area contributed by atoms with Gasteiger partial charge < -0.3 is 14.0 Å². The third-order valence-electron chi connectivity index (χ3n) is 5.08. The first-order valence-electron chi connectivity index (χ1n) is 10.6. The molecule has 4 nitrogen and oxygen atoms in total. The molecular formula is C25H33NO3S. The number of benzene rings is 2. The van der Waals surface area contributed by atoms with E-state index in [1.807, 2.05) is 63.2 Å². The molecule has 0 saturated heterocycles. The maximum absolute atomic E-state index is 13.6. The molecule has 0 amide bonds. The number of hydrogen-bond acceptors (Lipinski definition) is 4. The third kappa shape index (κ3) is 6.61. The molecule has 0 aromatic heterocycles. The van der Waals surface area contributed by atoms with E-state index in [0.717, 1.165) is 24.0 Å². The summed E-state index contributed by atoms with van der Waals surface area (Å²) >= 11 is -1.21. The Morgan fingerprint density at radius 2 is 1.70 bits per heavy atom. The average Bonchev–Trinajstić information content (AvgIpc) is 2.76. The van der Waals surface area contributed by atoms with Crippen LogP contribution in [0, 0.1) is 0 Å². The minimum atomic E-state index is -1.21. The normalized spacial score (nSPS) is 18.8. The topological polar surface area (TPSA) is 44.8 Å². The molecule has 0 fully saturated rings. The van der Waals surface area contributed by atoms with Gasteiger partial charge in [-0.05, 0) is 50.8 Å². The van der Waals surface area contributed by atoms with Crippen molar-refractivity contribution in [2.45, 2.75) is 63.7 Å². The molecule has 3 rings (SSSR count). The van der Waals surface area contributed by atoms with Gasteiger partial charge in [0.15, 0.2) is 0 Å². The Hall–Kier alpha value is -1.79. The van der Waals surface area contributed by atoms with E-state index < -0.39 is 11.4 Å². The Balaban J connectivity index is 1.81. The number of ether oxygens (including phenoxy) is 2. The maximum Gasteiger partial charge on any atom is 0.137 e. The predicted octanol–water partition coefficient (Wildman–Crippen LogP) is 5.23. The van der Waals surface area contributed by atoms with Crippen molar-refractivity contribution in [3.63, 3.8) is 0 Å². The molecular weight excluding hydrogens is 394 g/mol. The summed E-state index contributed by atoms with van der Waals surface area (Å²) in [6.07, 6.45) is 5.62. The summed E-state index contributed by atoms with van der Waals surface area (Å²) in [5.74, 6) is 0. The van der Waals surface area contributed by atoms with Crippen LogP contribution < -0.4 is 0 Å². The van der Waals surface area contributed by atoms with Crippen molar-refractivity contribution in [1.82, 2.24) is 4.31 Å². The summed E-state index contributed by atoms with van der Waals surface area (Å²) in [6.45, 7) is 7.64. The monoisotopic (exact) mass is 427 g/mol. The van der Waals surface area contributed by atoms with Crippen molar-refractivity contribution in [3.8, 4) is 0 Å². The first-order chi connectivity index (χ1) is 14.4. The van der Waals surface area contributed by atoms with Gasteiger partial charge in [-0.15, -0.1) is 4.31 Å².